The van der Waals surface area contributed by atoms with Crippen molar-refractivity contribution in [2.24, 2.45) is 0 Å². The largest absolute Gasteiger partial charge is 0.457 e. The van der Waals surface area contributed by atoms with Crippen LogP contribution < -0.4 is 0 Å². The van der Waals surface area contributed by atoms with E-state index in [-0.39, 0.29) is 12.6 Å². The Morgan fingerprint density at radius 2 is 2.10 bits per heavy atom. The molecule has 60 valence electrons. The minimum atomic E-state index is -0.729. The second kappa shape index (κ2) is 3.56. The van der Waals surface area contributed by atoms with Gasteiger partial charge >= 0.3 is 5.97 Å². The van der Waals surface area contributed by atoms with Crippen LogP contribution in [0.15, 0.2) is 0 Å². The monoisotopic (exact) mass is 146 g/mol. The topological polar surface area (TPSA) is 46.5 Å². The van der Waals surface area contributed by atoms with Gasteiger partial charge in [-0.2, -0.15) is 0 Å². The van der Waals surface area contributed by atoms with Crippen molar-refractivity contribution < 1.29 is 14.6 Å². The van der Waals surface area contributed by atoms with Crippen molar-refractivity contribution in [1.29, 1.82) is 0 Å². The van der Waals surface area contributed by atoms with Crippen molar-refractivity contribution >= 4 is 5.97 Å². The number of hydrogen-bond acceptors (Lipinski definition) is 3. The van der Waals surface area contributed by atoms with E-state index >= 15 is 0 Å². The van der Waals surface area contributed by atoms with Gasteiger partial charge in [-0.25, -0.2) is 0 Å². The number of esters is 1. The second-order valence-corrected chi connectivity index (χ2v) is 2.75. The standard InChI is InChI=1S/C7H14O3/c1-4-6(9)10-7(2,3)5-8/h8H,4-5H2,1-3H3. The molecule has 0 spiro atoms. The lowest BCUT2D eigenvalue weighted by atomic mass is 10.1. The molecule has 0 radical (unpaired) electrons. The van der Waals surface area contributed by atoms with E-state index in [1.165, 1.54) is 0 Å². The van der Waals surface area contributed by atoms with Gasteiger partial charge in [0, 0.05) is 6.42 Å². The van der Waals surface area contributed by atoms with Crippen molar-refractivity contribution in [3.63, 3.8) is 0 Å². The second-order valence-electron chi connectivity index (χ2n) is 2.75. The molecule has 0 aromatic rings. The van der Waals surface area contributed by atoms with Crippen molar-refractivity contribution in [3.05, 3.63) is 0 Å². The van der Waals surface area contributed by atoms with Gasteiger partial charge in [0.15, 0.2) is 0 Å². The summed E-state index contributed by atoms with van der Waals surface area (Å²) in [7, 11) is 0. The maximum Gasteiger partial charge on any atom is 0.306 e. The fourth-order valence-corrected chi connectivity index (χ4v) is 0.413. The lowest BCUT2D eigenvalue weighted by Crippen LogP contribution is -2.31. The zero-order chi connectivity index (χ0) is 8.20. The molecule has 0 atom stereocenters. The molecule has 0 unspecified atom stereocenters. The lowest BCUT2D eigenvalue weighted by molar-refractivity contribution is -0.159. The summed E-state index contributed by atoms with van der Waals surface area (Å²) < 4.78 is 4.85. The van der Waals surface area contributed by atoms with E-state index in [0.29, 0.717) is 6.42 Å². The van der Waals surface area contributed by atoms with Gasteiger partial charge in [-0.3, -0.25) is 4.79 Å². The van der Waals surface area contributed by atoms with Gasteiger partial charge in [0.25, 0.3) is 0 Å². The van der Waals surface area contributed by atoms with E-state index in [4.69, 9.17) is 9.84 Å². The maximum absolute atomic E-state index is 10.7. The normalized spacial score (nSPS) is 11.2. The Labute approximate surface area is 61.0 Å². The molecule has 10 heavy (non-hydrogen) atoms. The molecule has 0 bridgehead atoms. The first kappa shape index (κ1) is 9.43. The van der Waals surface area contributed by atoms with Crippen LogP contribution in [0.25, 0.3) is 0 Å². The summed E-state index contributed by atoms with van der Waals surface area (Å²) in [5.41, 5.74) is -0.729. The van der Waals surface area contributed by atoms with Gasteiger partial charge in [0.05, 0.1) is 6.61 Å². The summed E-state index contributed by atoms with van der Waals surface area (Å²) >= 11 is 0. The molecule has 0 amide bonds. The fourth-order valence-electron chi connectivity index (χ4n) is 0.413. The quantitative estimate of drug-likeness (QED) is 0.596. The summed E-state index contributed by atoms with van der Waals surface area (Å²) in [6, 6.07) is 0. The van der Waals surface area contributed by atoms with Crippen LogP contribution in [0.4, 0.5) is 0 Å². The van der Waals surface area contributed by atoms with Crippen molar-refractivity contribution in [3.8, 4) is 0 Å². The zero-order valence-electron chi connectivity index (χ0n) is 6.68. The zero-order valence-corrected chi connectivity index (χ0v) is 6.68. The van der Waals surface area contributed by atoms with E-state index in [0.717, 1.165) is 0 Å². The Bertz CT molecular complexity index is 118. The summed E-state index contributed by atoms with van der Waals surface area (Å²) in [4.78, 5) is 10.7. The van der Waals surface area contributed by atoms with Crippen molar-refractivity contribution in [1.82, 2.24) is 0 Å². The molecule has 0 aromatic heterocycles. The first-order valence-corrected chi connectivity index (χ1v) is 3.34. The van der Waals surface area contributed by atoms with Gasteiger partial charge in [0.2, 0.25) is 0 Å². The number of hydrogen-bond donors (Lipinski definition) is 1. The molecule has 0 aliphatic carbocycles. The highest BCUT2D eigenvalue weighted by Gasteiger charge is 2.20. The third-order valence-corrected chi connectivity index (χ3v) is 1.06. The molecule has 0 aliphatic heterocycles. The number of ether oxygens (including phenoxy) is 1. The van der Waals surface area contributed by atoms with Crippen molar-refractivity contribution in [2.45, 2.75) is 32.8 Å². The van der Waals surface area contributed by atoms with E-state index in [9.17, 15) is 4.79 Å². The maximum atomic E-state index is 10.7. The summed E-state index contributed by atoms with van der Waals surface area (Å²) in [6.07, 6.45) is 0.351. The van der Waals surface area contributed by atoms with Gasteiger partial charge in [-0.05, 0) is 13.8 Å². The van der Waals surface area contributed by atoms with Crippen molar-refractivity contribution in [2.75, 3.05) is 6.61 Å². The Kier molecular flexibility index (Phi) is 3.36. The van der Waals surface area contributed by atoms with Crippen LogP contribution in [-0.4, -0.2) is 23.3 Å². The third-order valence-electron chi connectivity index (χ3n) is 1.06. The highest BCUT2D eigenvalue weighted by atomic mass is 16.6. The number of rotatable bonds is 3. The van der Waals surface area contributed by atoms with Gasteiger partial charge in [0.1, 0.15) is 5.60 Å². The van der Waals surface area contributed by atoms with Crippen LogP contribution in [-0.2, 0) is 9.53 Å². The first-order valence-electron chi connectivity index (χ1n) is 3.34. The number of aliphatic hydroxyl groups excluding tert-OH is 1. The van der Waals surface area contributed by atoms with E-state index < -0.39 is 5.60 Å². The molecule has 3 nitrogen and oxygen atoms in total. The molecule has 0 saturated carbocycles. The highest BCUT2D eigenvalue weighted by Crippen LogP contribution is 2.08. The predicted molar refractivity (Wildman–Crippen MR) is 37.5 cm³/mol. The van der Waals surface area contributed by atoms with Crippen LogP contribution in [0.3, 0.4) is 0 Å². The average Bonchev–Trinajstić information content (AvgIpc) is 1.87. The molecule has 0 saturated heterocycles. The molecule has 0 aromatic carbocycles. The number of carbonyl (C=O) groups excluding carboxylic acids is 1. The first-order chi connectivity index (χ1) is 4.52. The van der Waals surface area contributed by atoms with E-state index in [2.05, 4.69) is 0 Å². The Hall–Kier alpha value is -0.570. The fraction of sp³-hybridized carbons (Fsp3) is 0.857. The van der Waals surface area contributed by atoms with Gasteiger partial charge in [-0.1, -0.05) is 6.92 Å². The minimum Gasteiger partial charge on any atom is -0.457 e. The molecule has 0 rings (SSSR count). The smallest absolute Gasteiger partial charge is 0.306 e. The van der Waals surface area contributed by atoms with Crippen LogP contribution in [0, 0.1) is 0 Å². The molecule has 0 heterocycles. The predicted octanol–water partition coefficient (Wildman–Crippen LogP) is 0.710. The van der Waals surface area contributed by atoms with Gasteiger partial charge in [-0.15, -0.1) is 0 Å². The Balaban J connectivity index is 3.76. The van der Waals surface area contributed by atoms with E-state index in [1.807, 2.05) is 0 Å². The average molecular weight is 146 g/mol. The molecule has 0 fully saturated rings. The number of aliphatic hydroxyl groups is 1. The molecular weight excluding hydrogens is 132 g/mol. The van der Waals surface area contributed by atoms with Gasteiger partial charge < -0.3 is 9.84 Å². The SMILES string of the molecule is CCC(=O)OC(C)(C)CO. The third kappa shape index (κ3) is 3.45. The van der Waals surface area contributed by atoms with Crippen LogP contribution in [0.2, 0.25) is 0 Å². The highest BCUT2D eigenvalue weighted by molar-refractivity contribution is 5.69. The molecule has 0 aliphatic rings. The van der Waals surface area contributed by atoms with E-state index in [1.54, 1.807) is 20.8 Å². The molecule has 1 N–H and O–H groups in total. The molecular formula is C7H14O3. The Morgan fingerprint density at radius 3 is 2.40 bits per heavy atom. The van der Waals surface area contributed by atoms with Crippen LogP contribution in [0.5, 0.6) is 0 Å². The summed E-state index contributed by atoms with van der Waals surface area (Å²) in [5.74, 6) is -0.279. The Morgan fingerprint density at radius 1 is 1.60 bits per heavy atom. The molecule has 3 heteroatoms. The summed E-state index contributed by atoms with van der Waals surface area (Å²) in [5, 5.41) is 8.66. The number of carbonyl (C=O) groups is 1. The van der Waals surface area contributed by atoms with Crippen LogP contribution >= 0.6 is 0 Å². The van der Waals surface area contributed by atoms with Crippen LogP contribution in [0.1, 0.15) is 27.2 Å². The lowest BCUT2D eigenvalue weighted by Gasteiger charge is -2.21. The minimum absolute atomic E-state index is 0.140. The summed E-state index contributed by atoms with van der Waals surface area (Å²) in [6.45, 7) is 4.91.